The van der Waals surface area contributed by atoms with Crippen LogP contribution in [0.5, 0.6) is 0 Å². The molecule has 0 saturated heterocycles. The van der Waals surface area contributed by atoms with E-state index in [-0.39, 0.29) is 0 Å². The van der Waals surface area contributed by atoms with Gasteiger partial charge < -0.3 is 0 Å². The SMILES string of the molecule is c1ccc(-c2ccc(-c3cc(-c4ccc(-c5ccc6sc7ccccc7c6c5)c(-c5ccc6sc7ccccc7c6c5)c4)nc(-c4ccccc4)n3)cc2)cc1. The van der Waals surface area contributed by atoms with Crippen molar-refractivity contribution < 1.29 is 0 Å². The molecule has 0 aliphatic carbocycles. The number of thiophene rings is 2. The monoisotopic (exact) mass is 748 g/mol. The summed E-state index contributed by atoms with van der Waals surface area (Å²) in [6.45, 7) is 0. The zero-order chi connectivity index (χ0) is 37.0. The summed E-state index contributed by atoms with van der Waals surface area (Å²) < 4.78 is 5.22. The van der Waals surface area contributed by atoms with Gasteiger partial charge in [0.1, 0.15) is 0 Å². The Balaban J connectivity index is 1.10. The average Bonchev–Trinajstić information content (AvgIpc) is 3.84. The van der Waals surface area contributed by atoms with Crippen LogP contribution in [-0.2, 0) is 0 Å². The molecule has 0 atom stereocenters. The van der Waals surface area contributed by atoms with Crippen molar-refractivity contribution in [3.63, 3.8) is 0 Å². The van der Waals surface area contributed by atoms with Crippen molar-refractivity contribution in [2.24, 2.45) is 0 Å². The van der Waals surface area contributed by atoms with Crippen LogP contribution in [0.25, 0.3) is 108 Å². The maximum absolute atomic E-state index is 5.24. The normalized spacial score (nSPS) is 11.6. The molecule has 8 aromatic carbocycles. The molecule has 0 fully saturated rings. The molecule has 11 rings (SSSR count). The maximum Gasteiger partial charge on any atom is 0.160 e. The van der Waals surface area contributed by atoms with Gasteiger partial charge in [0.25, 0.3) is 0 Å². The zero-order valence-corrected chi connectivity index (χ0v) is 31.8. The van der Waals surface area contributed by atoms with E-state index >= 15 is 0 Å². The highest BCUT2D eigenvalue weighted by Gasteiger charge is 2.17. The van der Waals surface area contributed by atoms with Gasteiger partial charge in [-0.15, -0.1) is 22.7 Å². The van der Waals surface area contributed by atoms with Gasteiger partial charge in [-0.2, -0.15) is 0 Å². The Labute approximate surface area is 332 Å². The van der Waals surface area contributed by atoms with Crippen molar-refractivity contribution in [3.8, 4) is 67.3 Å². The molecule has 3 aromatic heterocycles. The van der Waals surface area contributed by atoms with Crippen LogP contribution >= 0.6 is 22.7 Å². The van der Waals surface area contributed by atoms with Crippen LogP contribution in [0.4, 0.5) is 0 Å². The molecule has 0 bridgehead atoms. The molecule has 0 N–H and O–H groups in total. The molecule has 0 unspecified atom stereocenters. The lowest BCUT2D eigenvalue weighted by Gasteiger charge is -2.15. The van der Waals surface area contributed by atoms with Crippen molar-refractivity contribution in [1.29, 1.82) is 0 Å². The molecule has 0 spiro atoms. The molecule has 2 nitrogen and oxygen atoms in total. The lowest BCUT2D eigenvalue weighted by atomic mass is 9.90. The number of rotatable bonds is 6. The zero-order valence-electron chi connectivity index (χ0n) is 30.2. The van der Waals surface area contributed by atoms with E-state index in [1.807, 2.05) is 40.9 Å². The Hall–Kier alpha value is -6.72. The molecule has 3 heterocycles. The van der Waals surface area contributed by atoms with Gasteiger partial charge in [0.05, 0.1) is 11.4 Å². The van der Waals surface area contributed by atoms with E-state index in [1.54, 1.807) is 0 Å². The Morgan fingerprint density at radius 2 is 0.714 bits per heavy atom. The van der Waals surface area contributed by atoms with Crippen LogP contribution in [0.3, 0.4) is 0 Å². The number of nitrogens with zero attached hydrogens (tertiary/aromatic N) is 2. The summed E-state index contributed by atoms with van der Waals surface area (Å²) in [7, 11) is 0. The minimum Gasteiger partial charge on any atom is -0.228 e. The largest absolute Gasteiger partial charge is 0.228 e. The van der Waals surface area contributed by atoms with Crippen LogP contribution in [0.1, 0.15) is 0 Å². The second-order valence-corrected chi connectivity index (χ2v) is 16.3. The predicted octanol–water partition coefficient (Wildman–Crippen LogP) is 15.2. The Bertz CT molecular complexity index is 3230. The van der Waals surface area contributed by atoms with E-state index in [0.29, 0.717) is 5.82 Å². The van der Waals surface area contributed by atoms with Gasteiger partial charge in [-0.25, -0.2) is 9.97 Å². The number of fused-ring (bicyclic) bond motifs is 6. The smallest absolute Gasteiger partial charge is 0.160 e. The molecule has 11 aromatic rings. The predicted molar refractivity (Wildman–Crippen MR) is 240 cm³/mol. The fourth-order valence-corrected chi connectivity index (χ4v) is 10.1. The van der Waals surface area contributed by atoms with Gasteiger partial charge in [-0.05, 0) is 81.9 Å². The van der Waals surface area contributed by atoms with Gasteiger partial charge in [-0.1, -0.05) is 146 Å². The molecule has 4 heteroatoms. The third-order valence-corrected chi connectivity index (χ3v) is 13.0. The number of hydrogen-bond acceptors (Lipinski definition) is 4. The lowest BCUT2D eigenvalue weighted by molar-refractivity contribution is 1.18. The first-order valence-electron chi connectivity index (χ1n) is 18.8. The van der Waals surface area contributed by atoms with E-state index < -0.39 is 0 Å². The van der Waals surface area contributed by atoms with Crippen LogP contribution < -0.4 is 0 Å². The summed E-state index contributed by atoms with van der Waals surface area (Å²) in [4.78, 5) is 10.4. The second-order valence-electron chi connectivity index (χ2n) is 14.2. The summed E-state index contributed by atoms with van der Waals surface area (Å²) in [5.74, 6) is 0.705. The van der Waals surface area contributed by atoms with E-state index in [4.69, 9.17) is 9.97 Å². The summed E-state index contributed by atoms with van der Waals surface area (Å²) in [5.41, 5.74) is 12.0. The minimum atomic E-state index is 0.705. The van der Waals surface area contributed by atoms with Crippen molar-refractivity contribution in [1.82, 2.24) is 9.97 Å². The van der Waals surface area contributed by atoms with Crippen LogP contribution in [0, 0.1) is 0 Å². The highest BCUT2D eigenvalue weighted by Crippen LogP contribution is 2.43. The van der Waals surface area contributed by atoms with Crippen LogP contribution in [0.2, 0.25) is 0 Å². The first-order chi connectivity index (χ1) is 27.7. The van der Waals surface area contributed by atoms with E-state index in [0.717, 1.165) is 28.1 Å². The lowest BCUT2D eigenvalue weighted by Crippen LogP contribution is -1.96. The highest BCUT2D eigenvalue weighted by atomic mass is 32.1. The minimum absolute atomic E-state index is 0.705. The Morgan fingerprint density at radius 3 is 1.34 bits per heavy atom. The molecule has 0 radical (unpaired) electrons. The van der Waals surface area contributed by atoms with Crippen molar-refractivity contribution in [2.45, 2.75) is 0 Å². The third-order valence-electron chi connectivity index (χ3n) is 10.7. The molecular formula is C52H32N2S2. The fraction of sp³-hybridized carbons (Fsp3) is 0. The molecule has 56 heavy (non-hydrogen) atoms. The number of aromatic nitrogens is 2. The molecule has 262 valence electrons. The second kappa shape index (κ2) is 13.5. The maximum atomic E-state index is 5.24. The van der Waals surface area contributed by atoms with Crippen LogP contribution in [-0.4, -0.2) is 9.97 Å². The van der Waals surface area contributed by atoms with Gasteiger partial charge in [0, 0.05) is 57.0 Å². The van der Waals surface area contributed by atoms with Crippen molar-refractivity contribution >= 4 is 63.0 Å². The summed E-state index contributed by atoms with van der Waals surface area (Å²) in [6.07, 6.45) is 0. The van der Waals surface area contributed by atoms with E-state index in [1.165, 1.54) is 73.7 Å². The first kappa shape index (κ1) is 32.7. The fourth-order valence-electron chi connectivity index (χ4n) is 7.90. The van der Waals surface area contributed by atoms with Gasteiger partial charge >= 0.3 is 0 Å². The Kier molecular flexibility index (Phi) is 7.90. The van der Waals surface area contributed by atoms with Gasteiger partial charge in [0.2, 0.25) is 0 Å². The van der Waals surface area contributed by atoms with E-state index in [2.05, 4.69) is 176 Å². The standard InChI is InChI=1S/C52H32N2S2/c1-3-11-33(12-4-1)34-19-21-35(22-20-34)46-32-47(54-52(53-46)36-13-5-2-6-14-36)39-23-26-40(37-24-27-50-44(29-37)41-15-7-9-17-48(41)55-50)43(31-39)38-25-28-51-45(30-38)42-16-8-10-18-49(42)56-51/h1-32H. The molecule has 0 aliphatic rings. The molecular weight excluding hydrogens is 717 g/mol. The average molecular weight is 749 g/mol. The number of hydrogen-bond donors (Lipinski definition) is 0. The third kappa shape index (κ3) is 5.79. The van der Waals surface area contributed by atoms with Gasteiger partial charge in [0.15, 0.2) is 5.82 Å². The Morgan fingerprint density at radius 1 is 0.268 bits per heavy atom. The first-order valence-corrected chi connectivity index (χ1v) is 20.4. The van der Waals surface area contributed by atoms with E-state index in [9.17, 15) is 0 Å². The van der Waals surface area contributed by atoms with Crippen LogP contribution in [0.15, 0.2) is 194 Å². The number of benzene rings is 8. The summed E-state index contributed by atoms with van der Waals surface area (Å²) in [5, 5.41) is 5.18. The molecule has 0 saturated carbocycles. The molecule has 0 aliphatic heterocycles. The van der Waals surface area contributed by atoms with Crippen molar-refractivity contribution in [2.75, 3.05) is 0 Å². The summed E-state index contributed by atoms with van der Waals surface area (Å²) in [6, 6.07) is 69.8. The van der Waals surface area contributed by atoms with Crippen molar-refractivity contribution in [3.05, 3.63) is 194 Å². The summed E-state index contributed by atoms with van der Waals surface area (Å²) >= 11 is 3.71. The molecule has 0 amide bonds. The quantitative estimate of drug-likeness (QED) is 0.169. The van der Waals surface area contributed by atoms with Gasteiger partial charge in [-0.3, -0.25) is 0 Å². The topological polar surface area (TPSA) is 25.8 Å². The highest BCUT2D eigenvalue weighted by molar-refractivity contribution is 7.26.